The fourth-order valence-electron chi connectivity index (χ4n) is 5.35. The molecule has 0 spiro atoms. The number of methoxy groups -OCH3 is 1. The highest BCUT2D eigenvalue weighted by Crippen LogP contribution is 2.41. The van der Waals surface area contributed by atoms with E-state index in [9.17, 15) is 9.59 Å². The first kappa shape index (κ1) is 26.4. The van der Waals surface area contributed by atoms with E-state index in [1.807, 2.05) is 48.5 Å². The molecule has 1 unspecified atom stereocenters. The van der Waals surface area contributed by atoms with E-state index < -0.39 is 6.04 Å². The van der Waals surface area contributed by atoms with Gasteiger partial charge in [0.25, 0.3) is 5.91 Å². The van der Waals surface area contributed by atoms with Gasteiger partial charge in [-0.2, -0.15) is 0 Å². The number of morpholine rings is 1. The van der Waals surface area contributed by atoms with Crippen molar-refractivity contribution in [3.63, 3.8) is 0 Å². The van der Waals surface area contributed by atoms with Crippen LogP contribution in [-0.4, -0.2) is 62.2 Å². The maximum absolute atomic E-state index is 13.9. The van der Waals surface area contributed by atoms with Gasteiger partial charge in [0.15, 0.2) is 16.9 Å². The maximum atomic E-state index is 13.9. The Morgan fingerprint density at radius 2 is 1.75 bits per heavy atom. The largest absolute Gasteiger partial charge is 0.493 e. The van der Waals surface area contributed by atoms with Crippen LogP contribution in [0.25, 0.3) is 11.0 Å². The standard InChI is InChI=1S/C31H29ClN2O6/c1-37-26-17-21(7-9-25(26)39-19-20-5-3-2-4-6-20)28-27-29(35)23-18-22(32)8-10-24(23)40-30(27)31(36)34(28)12-11-33-13-15-38-16-14-33/h2-10,17-18,28H,11-16,19H2,1H3. The van der Waals surface area contributed by atoms with Gasteiger partial charge in [0.2, 0.25) is 5.76 Å². The van der Waals surface area contributed by atoms with Crippen molar-refractivity contribution in [1.82, 2.24) is 9.80 Å². The van der Waals surface area contributed by atoms with Crippen molar-refractivity contribution in [2.24, 2.45) is 0 Å². The number of hydrogen-bond donors (Lipinski definition) is 0. The Balaban J connectivity index is 1.39. The van der Waals surface area contributed by atoms with Crippen LogP contribution in [0.2, 0.25) is 5.02 Å². The van der Waals surface area contributed by atoms with Crippen LogP contribution in [0.4, 0.5) is 0 Å². The zero-order valence-electron chi connectivity index (χ0n) is 22.1. The summed E-state index contributed by atoms with van der Waals surface area (Å²) in [6.07, 6.45) is 0. The first-order valence-electron chi connectivity index (χ1n) is 13.3. The summed E-state index contributed by atoms with van der Waals surface area (Å²) in [6.45, 7) is 4.34. The fourth-order valence-corrected chi connectivity index (χ4v) is 5.52. The van der Waals surface area contributed by atoms with E-state index in [2.05, 4.69) is 4.90 Å². The van der Waals surface area contributed by atoms with Gasteiger partial charge >= 0.3 is 0 Å². The Morgan fingerprint density at radius 1 is 0.950 bits per heavy atom. The summed E-state index contributed by atoms with van der Waals surface area (Å²) in [5.41, 5.74) is 2.13. The van der Waals surface area contributed by atoms with Crippen LogP contribution < -0.4 is 14.9 Å². The third-order valence-electron chi connectivity index (χ3n) is 7.43. The fraction of sp³-hybridized carbons (Fsp3) is 0.290. The number of amides is 1. The second kappa shape index (κ2) is 11.3. The molecule has 206 valence electrons. The van der Waals surface area contributed by atoms with E-state index in [4.69, 9.17) is 30.2 Å². The van der Waals surface area contributed by atoms with Crippen molar-refractivity contribution < 1.29 is 23.4 Å². The van der Waals surface area contributed by atoms with E-state index in [1.165, 1.54) is 0 Å². The SMILES string of the molecule is COc1cc(C2c3c(oc4ccc(Cl)cc4c3=O)C(=O)N2CCN2CCOCC2)ccc1OCc1ccccc1. The van der Waals surface area contributed by atoms with E-state index in [1.54, 1.807) is 30.2 Å². The molecule has 2 aliphatic rings. The third-order valence-corrected chi connectivity index (χ3v) is 7.66. The van der Waals surface area contributed by atoms with Crippen LogP contribution in [0.15, 0.2) is 75.9 Å². The van der Waals surface area contributed by atoms with Crippen molar-refractivity contribution >= 4 is 28.5 Å². The lowest BCUT2D eigenvalue weighted by Gasteiger charge is -2.31. The highest BCUT2D eigenvalue weighted by Gasteiger charge is 2.43. The zero-order chi connectivity index (χ0) is 27.6. The quantitative estimate of drug-likeness (QED) is 0.303. The molecule has 0 radical (unpaired) electrons. The number of carbonyl (C=O) groups is 1. The summed E-state index contributed by atoms with van der Waals surface area (Å²) in [6, 6.07) is 19.6. The number of hydrogen-bond acceptors (Lipinski definition) is 7. The summed E-state index contributed by atoms with van der Waals surface area (Å²) in [5.74, 6) is 0.827. The minimum atomic E-state index is -0.653. The molecule has 3 aromatic carbocycles. The average Bonchev–Trinajstić information content (AvgIpc) is 3.27. The van der Waals surface area contributed by atoms with E-state index in [0.717, 1.165) is 24.2 Å². The minimum absolute atomic E-state index is 0.0650. The molecule has 40 heavy (non-hydrogen) atoms. The molecule has 0 saturated carbocycles. The summed E-state index contributed by atoms with van der Waals surface area (Å²) in [4.78, 5) is 31.6. The number of fused-ring (bicyclic) bond motifs is 2. The van der Waals surface area contributed by atoms with Crippen LogP contribution >= 0.6 is 11.6 Å². The van der Waals surface area contributed by atoms with Crippen molar-refractivity contribution in [1.29, 1.82) is 0 Å². The van der Waals surface area contributed by atoms with Crippen molar-refractivity contribution in [2.75, 3.05) is 46.5 Å². The van der Waals surface area contributed by atoms with Crippen LogP contribution in [0.5, 0.6) is 11.5 Å². The monoisotopic (exact) mass is 560 g/mol. The summed E-state index contributed by atoms with van der Waals surface area (Å²) in [5, 5.41) is 0.764. The predicted octanol–water partition coefficient (Wildman–Crippen LogP) is 4.91. The normalized spacial score (nSPS) is 17.3. The molecule has 1 atom stereocenters. The van der Waals surface area contributed by atoms with Crippen molar-refractivity contribution in [3.8, 4) is 11.5 Å². The number of rotatable bonds is 8. The van der Waals surface area contributed by atoms with Crippen LogP contribution in [0, 0.1) is 0 Å². The molecule has 9 heteroatoms. The molecule has 1 saturated heterocycles. The van der Waals surface area contributed by atoms with Gasteiger partial charge in [-0.05, 0) is 41.5 Å². The molecule has 1 amide bonds. The zero-order valence-corrected chi connectivity index (χ0v) is 22.9. The van der Waals surface area contributed by atoms with Gasteiger partial charge in [0.05, 0.1) is 37.3 Å². The number of carbonyl (C=O) groups excluding carboxylic acids is 1. The molecular weight excluding hydrogens is 532 g/mol. The Kier molecular flexibility index (Phi) is 7.47. The molecule has 0 N–H and O–H groups in total. The van der Waals surface area contributed by atoms with Gasteiger partial charge in [0, 0.05) is 31.2 Å². The van der Waals surface area contributed by atoms with E-state index >= 15 is 0 Å². The van der Waals surface area contributed by atoms with Crippen LogP contribution in [0.3, 0.4) is 0 Å². The van der Waals surface area contributed by atoms with Crippen LogP contribution in [0.1, 0.15) is 33.3 Å². The molecule has 6 rings (SSSR count). The average molecular weight is 561 g/mol. The minimum Gasteiger partial charge on any atom is -0.493 e. The summed E-state index contributed by atoms with van der Waals surface area (Å²) < 4.78 is 23.3. The topological polar surface area (TPSA) is 81.5 Å². The van der Waals surface area contributed by atoms with Gasteiger partial charge < -0.3 is 23.5 Å². The summed E-state index contributed by atoms with van der Waals surface area (Å²) >= 11 is 6.21. The molecule has 0 aliphatic carbocycles. The number of benzene rings is 3. The predicted molar refractivity (Wildman–Crippen MR) is 151 cm³/mol. The molecule has 3 heterocycles. The number of ether oxygens (including phenoxy) is 3. The number of halogens is 1. The van der Waals surface area contributed by atoms with Crippen molar-refractivity contribution in [3.05, 3.63) is 104 Å². The second-order valence-electron chi connectivity index (χ2n) is 9.85. The highest BCUT2D eigenvalue weighted by atomic mass is 35.5. The Morgan fingerprint density at radius 3 is 2.52 bits per heavy atom. The third kappa shape index (κ3) is 5.06. The van der Waals surface area contributed by atoms with Crippen molar-refractivity contribution in [2.45, 2.75) is 12.6 Å². The molecular formula is C31H29ClN2O6. The van der Waals surface area contributed by atoms with E-state index in [0.29, 0.717) is 66.0 Å². The van der Waals surface area contributed by atoms with Gasteiger partial charge in [0.1, 0.15) is 12.2 Å². The lowest BCUT2D eigenvalue weighted by molar-refractivity contribution is 0.0314. The number of nitrogens with zero attached hydrogens (tertiary/aromatic N) is 2. The first-order valence-corrected chi connectivity index (χ1v) is 13.6. The lowest BCUT2D eigenvalue weighted by atomic mass is 9.98. The van der Waals surface area contributed by atoms with Gasteiger partial charge in [-0.1, -0.05) is 48.0 Å². The lowest BCUT2D eigenvalue weighted by Crippen LogP contribution is -2.42. The maximum Gasteiger partial charge on any atom is 0.290 e. The second-order valence-corrected chi connectivity index (χ2v) is 10.3. The Bertz CT molecular complexity index is 1600. The molecule has 2 aliphatic heterocycles. The molecule has 4 aromatic rings. The van der Waals surface area contributed by atoms with Gasteiger partial charge in [-0.15, -0.1) is 0 Å². The highest BCUT2D eigenvalue weighted by molar-refractivity contribution is 6.31. The molecule has 0 bridgehead atoms. The molecule has 8 nitrogen and oxygen atoms in total. The van der Waals surface area contributed by atoms with Gasteiger partial charge in [-0.3, -0.25) is 14.5 Å². The van der Waals surface area contributed by atoms with Crippen LogP contribution in [-0.2, 0) is 11.3 Å². The smallest absolute Gasteiger partial charge is 0.290 e. The molecule has 1 fully saturated rings. The Hall–Kier alpha value is -3.85. The Labute approximate surface area is 236 Å². The first-order chi connectivity index (χ1) is 19.5. The summed E-state index contributed by atoms with van der Waals surface area (Å²) in [7, 11) is 1.57. The van der Waals surface area contributed by atoms with Gasteiger partial charge in [-0.25, -0.2) is 0 Å². The molecule has 1 aromatic heterocycles. The van der Waals surface area contributed by atoms with E-state index in [-0.39, 0.29) is 17.1 Å².